The topological polar surface area (TPSA) is 132 Å². The Labute approximate surface area is 261 Å². The van der Waals surface area contributed by atoms with Crippen LogP contribution in [-0.2, 0) is 11.2 Å². The van der Waals surface area contributed by atoms with Crippen molar-refractivity contribution in [2.75, 3.05) is 16.6 Å². The first-order valence-corrected chi connectivity index (χ1v) is 16.0. The van der Waals surface area contributed by atoms with E-state index in [2.05, 4.69) is 10.4 Å². The lowest BCUT2D eigenvalue weighted by atomic mass is 9.89. The first-order valence-electron chi connectivity index (χ1n) is 14.0. The number of nitriles is 1. The van der Waals surface area contributed by atoms with Crippen LogP contribution < -0.4 is 16.1 Å². The molecule has 0 radical (unpaired) electrons. The molecule has 3 aromatic carbocycles. The Bertz CT molecular complexity index is 1630. The highest BCUT2D eigenvalue weighted by Crippen LogP contribution is 2.39. The molecule has 1 aliphatic carbocycles. The number of anilines is 2. The maximum atomic E-state index is 13.6. The maximum Gasteiger partial charge on any atom is 0.264 e. The Morgan fingerprint density at radius 2 is 1.84 bits per heavy atom. The number of nitrogens with one attached hydrogen (secondary N) is 1. The van der Waals surface area contributed by atoms with E-state index in [9.17, 15) is 14.7 Å². The second kappa shape index (κ2) is 14.4. The number of aliphatic hydroxyl groups is 1. The molecule has 1 unspecified atom stereocenters. The van der Waals surface area contributed by atoms with Gasteiger partial charge in [-0.05, 0) is 116 Å². The van der Waals surface area contributed by atoms with Gasteiger partial charge in [0.25, 0.3) is 11.8 Å². The number of amides is 2. The van der Waals surface area contributed by atoms with Crippen molar-refractivity contribution < 1.29 is 14.7 Å². The van der Waals surface area contributed by atoms with E-state index in [1.165, 1.54) is 0 Å². The van der Waals surface area contributed by atoms with Gasteiger partial charge in [0.1, 0.15) is 11.1 Å². The van der Waals surface area contributed by atoms with E-state index in [1.807, 2.05) is 68.0 Å². The molecule has 0 saturated heterocycles. The summed E-state index contributed by atoms with van der Waals surface area (Å²) in [6.45, 7) is 5.60. The summed E-state index contributed by atoms with van der Waals surface area (Å²) in [5.74, 6) is -0.991. The van der Waals surface area contributed by atoms with Crippen molar-refractivity contribution in [1.82, 2.24) is 0 Å². The molecule has 0 saturated carbocycles. The van der Waals surface area contributed by atoms with E-state index in [4.69, 9.17) is 11.0 Å². The summed E-state index contributed by atoms with van der Waals surface area (Å²) in [7, 11) is 0. The van der Waals surface area contributed by atoms with Gasteiger partial charge in [-0.1, -0.05) is 25.5 Å². The average Bonchev–Trinajstić information content (AvgIpc) is 3.00. The highest BCUT2D eigenvalue weighted by atomic mass is 32.2. The number of hydrazone groups is 1. The molecule has 0 bridgehead atoms. The molecule has 0 aliphatic heterocycles. The first-order chi connectivity index (χ1) is 20.7. The summed E-state index contributed by atoms with van der Waals surface area (Å²) in [4.78, 5) is 27.4. The number of aliphatic hydroxyl groups excluding tert-OH is 1. The number of allylic oxidation sites excluding steroid dienone is 1. The lowest BCUT2D eigenvalue weighted by molar-refractivity contribution is -0.112. The molecule has 1 atom stereocenters. The largest absolute Gasteiger partial charge is 0.388 e. The van der Waals surface area contributed by atoms with Gasteiger partial charge in [-0.3, -0.25) is 9.59 Å². The molecule has 0 fully saturated rings. The fourth-order valence-corrected chi connectivity index (χ4v) is 5.81. The highest BCUT2D eigenvalue weighted by molar-refractivity contribution is 8.03. The number of hydrogen-bond acceptors (Lipinski definition) is 8. The normalized spacial score (nSPS) is 13.6. The van der Waals surface area contributed by atoms with Crippen molar-refractivity contribution in [2.24, 2.45) is 10.8 Å². The van der Waals surface area contributed by atoms with Gasteiger partial charge in [-0.15, -0.1) is 11.8 Å². The summed E-state index contributed by atoms with van der Waals surface area (Å²) < 4.78 is 0. The van der Waals surface area contributed by atoms with Gasteiger partial charge in [-0.2, -0.15) is 10.4 Å². The molecule has 0 spiro atoms. The van der Waals surface area contributed by atoms with Crippen molar-refractivity contribution in [3.8, 4) is 5.40 Å². The number of thiocyanates is 1. The summed E-state index contributed by atoms with van der Waals surface area (Å²) in [6.07, 6.45) is 4.09. The molecule has 0 heterocycles. The van der Waals surface area contributed by atoms with Crippen LogP contribution in [-0.4, -0.2) is 28.9 Å². The van der Waals surface area contributed by atoms with Crippen LogP contribution in [0.3, 0.4) is 0 Å². The van der Waals surface area contributed by atoms with Crippen LogP contribution in [0.15, 0.2) is 81.1 Å². The van der Waals surface area contributed by atoms with Crippen LogP contribution in [0, 0.1) is 10.7 Å². The third-order valence-corrected chi connectivity index (χ3v) is 8.61. The Morgan fingerprint density at radius 1 is 1.12 bits per heavy atom. The molecule has 43 heavy (non-hydrogen) atoms. The van der Waals surface area contributed by atoms with E-state index >= 15 is 0 Å². The zero-order valence-electron chi connectivity index (χ0n) is 24.7. The van der Waals surface area contributed by atoms with Gasteiger partial charge < -0.3 is 16.2 Å². The van der Waals surface area contributed by atoms with E-state index in [1.54, 1.807) is 41.9 Å². The molecular formula is C33H35N5O3S2. The first kappa shape index (κ1) is 31.9. The predicted molar refractivity (Wildman–Crippen MR) is 176 cm³/mol. The quantitative estimate of drug-likeness (QED) is 0.0908. The number of nitrogens with two attached hydrogens (primary N) is 1. The van der Waals surface area contributed by atoms with Crippen LogP contribution in [0.1, 0.15) is 73.2 Å². The van der Waals surface area contributed by atoms with Gasteiger partial charge in [0.2, 0.25) is 0 Å². The van der Waals surface area contributed by atoms with Crippen molar-refractivity contribution in [3.63, 3.8) is 0 Å². The molecular weight excluding hydrogens is 579 g/mol. The van der Waals surface area contributed by atoms with E-state index in [-0.39, 0.29) is 11.6 Å². The fourth-order valence-electron chi connectivity index (χ4n) is 4.98. The second-order valence-corrected chi connectivity index (χ2v) is 12.0. The molecule has 4 rings (SSSR count). The standard InChI is InChI=1S/C33H35N5O3S2/c1-5-6-30(39)27-16-15-26(43-19-34)18-29(27)33(41)36-23-10-9-22-8-7-20(2)31(28(22)17-23)38(37-21(3)32(35)40)24-11-13-25(42-4)14-12-24/h9-18,30,39H,5-8H2,1-4H3,(H2,35,40)(H,36,41)/b37-21+. The SMILES string of the molecule is CCCC(O)c1ccc(SC#N)cc1C(=O)Nc1ccc2c(c1)C(N(/N=C(\C)C(N)=O)c1ccc(SC)cc1)=C(C)CC2. The number of aryl methyl sites for hydroxylation is 1. The number of carbonyl (C=O) groups excluding carboxylic acids is 2. The fraction of sp³-hybridized carbons (Fsp3) is 0.273. The van der Waals surface area contributed by atoms with Gasteiger partial charge >= 0.3 is 0 Å². The lowest BCUT2D eigenvalue weighted by Gasteiger charge is -2.30. The van der Waals surface area contributed by atoms with E-state index in [0.29, 0.717) is 28.1 Å². The number of primary amides is 1. The molecule has 1 aliphatic rings. The molecule has 4 N–H and O–H groups in total. The minimum absolute atomic E-state index is 0.166. The molecule has 2 amide bonds. The van der Waals surface area contributed by atoms with E-state index < -0.39 is 12.0 Å². The van der Waals surface area contributed by atoms with Crippen molar-refractivity contribution in [1.29, 1.82) is 5.26 Å². The number of benzene rings is 3. The third kappa shape index (κ3) is 7.49. The van der Waals surface area contributed by atoms with Crippen molar-refractivity contribution in [2.45, 2.75) is 62.3 Å². The molecule has 10 heteroatoms. The van der Waals surface area contributed by atoms with Crippen molar-refractivity contribution >= 4 is 58.1 Å². The Morgan fingerprint density at radius 3 is 2.49 bits per heavy atom. The van der Waals surface area contributed by atoms with Crippen LogP contribution in [0.25, 0.3) is 5.70 Å². The minimum Gasteiger partial charge on any atom is -0.388 e. The average molecular weight is 614 g/mol. The zero-order chi connectivity index (χ0) is 31.1. The van der Waals surface area contributed by atoms with Crippen LogP contribution >= 0.6 is 23.5 Å². The molecule has 8 nitrogen and oxygen atoms in total. The Hall–Kier alpha value is -4.04. The number of thioether (sulfide) groups is 2. The van der Waals surface area contributed by atoms with Gasteiger partial charge in [0.15, 0.2) is 0 Å². The van der Waals surface area contributed by atoms with Crippen LogP contribution in [0.2, 0.25) is 0 Å². The van der Waals surface area contributed by atoms with Gasteiger partial charge in [-0.25, -0.2) is 5.01 Å². The van der Waals surface area contributed by atoms with Crippen LogP contribution in [0.4, 0.5) is 11.4 Å². The minimum atomic E-state index is -0.801. The molecule has 0 aromatic heterocycles. The maximum absolute atomic E-state index is 13.6. The number of hydrogen-bond donors (Lipinski definition) is 3. The smallest absolute Gasteiger partial charge is 0.264 e. The van der Waals surface area contributed by atoms with Crippen molar-refractivity contribution in [3.05, 3.63) is 88.5 Å². The Balaban J connectivity index is 1.77. The summed E-state index contributed by atoms with van der Waals surface area (Å²) in [5, 5.41) is 31.4. The Kier molecular flexibility index (Phi) is 10.7. The summed E-state index contributed by atoms with van der Waals surface area (Å²) >= 11 is 2.60. The van der Waals surface area contributed by atoms with E-state index in [0.717, 1.165) is 64.0 Å². The van der Waals surface area contributed by atoms with Crippen LogP contribution in [0.5, 0.6) is 0 Å². The number of nitrogens with zero attached hydrogens (tertiary/aromatic N) is 3. The molecule has 3 aromatic rings. The predicted octanol–water partition coefficient (Wildman–Crippen LogP) is 7.11. The number of carbonyl (C=O) groups is 2. The monoisotopic (exact) mass is 613 g/mol. The summed E-state index contributed by atoms with van der Waals surface area (Å²) in [6, 6.07) is 18.8. The zero-order valence-corrected chi connectivity index (χ0v) is 26.3. The third-order valence-electron chi connectivity index (χ3n) is 7.29. The summed E-state index contributed by atoms with van der Waals surface area (Å²) in [5.41, 5.74) is 11.8. The lowest BCUT2D eigenvalue weighted by Crippen LogP contribution is -2.27. The second-order valence-electron chi connectivity index (χ2n) is 10.3. The van der Waals surface area contributed by atoms with Gasteiger partial charge in [0, 0.05) is 26.6 Å². The highest BCUT2D eigenvalue weighted by Gasteiger charge is 2.25. The molecule has 222 valence electrons. The number of fused-ring (bicyclic) bond motifs is 1. The number of rotatable bonds is 11. The van der Waals surface area contributed by atoms with Gasteiger partial charge in [0.05, 0.1) is 17.5 Å².